The molecule has 1 aliphatic carbocycles. The summed E-state index contributed by atoms with van der Waals surface area (Å²) in [5.41, 5.74) is 0. The summed E-state index contributed by atoms with van der Waals surface area (Å²) in [5.74, 6) is 0.528. The van der Waals surface area contributed by atoms with E-state index in [1.807, 2.05) is 6.92 Å². The van der Waals surface area contributed by atoms with E-state index < -0.39 is 10.0 Å². The molecule has 1 heterocycles. The average Bonchev–Trinajstić information content (AvgIpc) is 2.27. The summed E-state index contributed by atoms with van der Waals surface area (Å²) in [7, 11) is -3.40. The summed E-state index contributed by atoms with van der Waals surface area (Å²) in [4.78, 5) is 4.19. The second-order valence-corrected chi connectivity index (χ2v) is 7.45. The molecule has 0 amide bonds. The van der Waals surface area contributed by atoms with Gasteiger partial charge in [-0.1, -0.05) is 13.3 Å². The number of sulfonamides is 1. The molecule has 2 rings (SSSR count). The summed E-state index contributed by atoms with van der Waals surface area (Å²) in [6, 6.07) is 1.60. The predicted molar refractivity (Wildman–Crippen MR) is 73.7 cm³/mol. The van der Waals surface area contributed by atoms with Crippen molar-refractivity contribution in [1.82, 2.24) is 9.29 Å². The third kappa shape index (κ3) is 2.92. The highest BCUT2D eigenvalue weighted by Crippen LogP contribution is 2.29. The van der Waals surface area contributed by atoms with Gasteiger partial charge >= 0.3 is 0 Å². The van der Waals surface area contributed by atoms with Gasteiger partial charge < -0.3 is 0 Å². The lowest BCUT2D eigenvalue weighted by atomic mass is 9.85. The van der Waals surface area contributed by atoms with Crippen LogP contribution in [0.4, 0.5) is 0 Å². The smallest absolute Gasteiger partial charge is 0.244 e. The zero-order valence-electron chi connectivity index (χ0n) is 10.3. The Hall–Kier alpha value is -0.460. The van der Waals surface area contributed by atoms with Crippen molar-refractivity contribution >= 4 is 26.0 Å². The Morgan fingerprint density at radius 2 is 2.17 bits per heavy atom. The van der Waals surface area contributed by atoms with Crippen LogP contribution >= 0.6 is 15.9 Å². The second-order valence-electron chi connectivity index (χ2n) is 4.59. The fourth-order valence-corrected chi connectivity index (χ4v) is 4.07. The molecule has 1 fully saturated rings. The van der Waals surface area contributed by atoms with E-state index in [9.17, 15) is 8.42 Å². The van der Waals surface area contributed by atoms with Crippen molar-refractivity contribution in [2.24, 2.45) is 5.92 Å². The first kappa shape index (κ1) is 14.0. The van der Waals surface area contributed by atoms with Crippen LogP contribution in [0.1, 0.15) is 26.2 Å². The van der Waals surface area contributed by atoms with Crippen molar-refractivity contribution in [2.75, 3.05) is 13.1 Å². The largest absolute Gasteiger partial charge is 0.262 e. The molecule has 1 aromatic heterocycles. The number of hydrogen-bond acceptors (Lipinski definition) is 3. The van der Waals surface area contributed by atoms with Gasteiger partial charge in [0.25, 0.3) is 0 Å². The third-order valence-electron chi connectivity index (χ3n) is 3.36. The molecule has 0 aliphatic heterocycles. The Morgan fingerprint density at radius 3 is 2.67 bits per heavy atom. The second kappa shape index (κ2) is 5.67. The lowest BCUT2D eigenvalue weighted by Crippen LogP contribution is -2.37. The van der Waals surface area contributed by atoms with Gasteiger partial charge in [0.1, 0.15) is 4.90 Å². The Kier molecular flexibility index (Phi) is 4.40. The molecule has 4 nitrogen and oxygen atoms in total. The van der Waals surface area contributed by atoms with E-state index in [2.05, 4.69) is 20.9 Å². The molecule has 100 valence electrons. The summed E-state index contributed by atoms with van der Waals surface area (Å²) < 4.78 is 27.2. The van der Waals surface area contributed by atoms with Crippen LogP contribution in [0.5, 0.6) is 0 Å². The van der Waals surface area contributed by atoms with Crippen LogP contribution in [0.25, 0.3) is 0 Å². The Bertz CT molecular complexity index is 515. The van der Waals surface area contributed by atoms with E-state index in [4.69, 9.17) is 0 Å². The van der Waals surface area contributed by atoms with Crippen LogP contribution < -0.4 is 0 Å². The fourth-order valence-electron chi connectivity index (χ4n) is 2.04. The normalized spacial score (nSPS) is 16.8. The molecule has 1 aromatic rings. The summed E-state index contributed by atoms with van der Waals surface area (Å²) >= 11 is 3.26. The van der Waals surface area contributed by atoms with Crippen molar-refractivity contribution in [3.63, 3.8) is 0 Å². The molecule has 1 saturated carbocycles. The van der Waals surface area contributed by atoms with E-state index in [0.29, 0.717) is 23.5 Å². The van der Waals surface area contributed by atoms with Gasteiger partial charge in [-0.25, -0.2) is 8.42 Å². The van der Waals surface area contributed by atoms with E-state index >= 15 is 0 Å². The highest BCUT2D eigenvalue weighted by Gasteiger charge is 2.28. The number of halogens is 1. The van der Waals surface area contributed by atoms with Crippen LogP contribution in [0, 0.1) is 5.92 Å². The van der Waals surface area contributed by atoms with Gasteiger partial charge in [0, 0.05) is 30.0 Å². The molecule has 6 heteroatoms. The van der Waals surface area contributed by atoms with Gasteiger partial charge in [0.05, 0.1) is 0 Å². The standard InChI is InChI=1S/C12H17BrN2O2S/c1-2-15(9-10-4-3-5-10)18(16,17)12-6-11(13)7-14-8-12/h6-8,10H,2-5,9H2,1H3. The van der Waals surface area contributed by atoms with Crippen molar-refractivity contribution < 1.29 is 8.42 Å². The minimum Gasteiger partial charge on any atom is -0.262 e. The van der Waals surface area contributed by atoms with Crippen LogP contribution in [-0.2, 0) is 10.0 Å². The van der Waals surface area contributed by atoms with E-state index in [1.54, 1.807) is 16.6 Å². The fraction of sp³-hybridized carbons (Fsp3) is 0.583. The molecule has 0 saturated heterocycles. The molecule has 18 heavy (non-hydrogen) atoms. The molecular formula is C12H17BrN2O2S. The molecule has 1 aliphatic rings. The number of aromatic nitrogens is 1. The molecule has 0 unspecified atom stereocenters. The molecule has 0 N–H and O–H groups in total. The number of rotatable bonds is 5. The number of pyridine rings is 1. The minimum absolute atomic E-state index is 0.262. The SMILES string of the molecule is CCN(CC1CCC1)S(=O)(=O)c1cncc(Br)c1. The van der Waals surface area contributed by atoms with Gasteiger partial charge in [-0.2, -0.15) is 4.31 Å². The quantitative estimate of drug-likeness (QED) is 0.832. The van der Waals surface area contributed by atoms with Crippen molar-refractivity contribution in [3.8, 4) is 0 Å². The van der Waals surface area contributed by atoms with E-state index in [1.165, 1.54) is 12.6 Å². The van der Waals surface area contributed by atoms with Crippen LogP contribution in [0.3, 0.4) is 0 Å². The third-order valence-corrected chi connectivity index (χ3v) is 5.70. The van der Waals surface area contributed by atoms with E-state index in [-0.39, 0.29) is 4.90 Å². The molecule has 0 radical (unpaired) electrons. The van der Waals surface area contributed by atoms with Gasteiger partial charge in [0.15, 0.2) is 0 Å². The molecule has 0 bridgehead atoms. The van der Waals surface area contributed by atoms with Crippen LogP contribution in [0.15, 0.2) is 27.8 Å². The van der Waals surface area contributed by atoms with Gasteiger partial charge in [-0.15, -0.1) is 0 Å². The average molecular weight is 333 g/mol. The lowest BCUT2D eigenvalue weighted by Gasteiger charge is -2.31. The summed E-state index contributed by atoms with van der Waals surface area (Å²) in [5, 5.41) is 0. The molecule has 0 atom stereocenters. The zero-order valence-corrected chi connectivity index (χ0v) is 12.7. The highest BCUT2D eigenvalue weighted by molar-refractivity contribution is 9.10. The number of nitrogens with zero attached hydrogens (tertiary/aromatic N) is 2. The minimum atomic E-state index is -3.40. The summed E-state index contributed by atoms with van der Waals surface area (Å²) in [6.45, 7) is 3.01. The van der Waals surface area contributed by atoms with E-state index in [0.717, 1.165) is 12.8 Å². The molecule has 0 spiro atoms. The predicted octanol–water partition coefficient (Wildman–Crippen LogP) is 2.65. The van der Waals surface area contributed by atoms with Crippen molar-refractivity contribution in [2.45, 2.75) is 31.1 Å². The van der Waals surface area contributed by atoms with Crippen LogP contribution in [-0.4, -0.2) is 30.8 Å². The Labute approximate surface area is 117 Å². The van der Waals surface area contributed by atoms with Gasteiger partial charge in [0.2, 0.25) is 10.0 Å². The summed E-state index contributed by atoms with van der Waals surface area (Å²) in [6.07, 6.45) is 6.50. The van der Waals surface area contributed by atoms with Crippen molar-refractivity contribution in [1.29, 1.82) is 0 Å². The number of hydrogen-bond donors (Lipinski definition) is 0. The Morgan fingerprint density at radius 1 is 1.44 bits per heavy atom. The molecule has 0 aromatic carbocycles. The first-order valence-electron chi connectivity index (χ1n) is 6.14. The van der Waals surface area contributed by atoms with Gasteiger partial charge in [-0.05, 0) is 40.8 Å². The Balaban J connectivity index is 2.21. The first-order chi connectivity index (χ1) is 8.54. The topological polar surface area (TPSA) is 50.3 Å². The van der Waals surface area contributed by atoms with Crippen LogP contribution in [0.2, 0.25) is 0 Å². The monoisotopic (exact) mass is 332 g/mol. The lowest BCUT2D eigenvalue weighted by molar-refractivity contribution is 0.250. The molecular weight excluding hydrogens is 316 g/mol. The maximum atomic E-state index is 12.5. The zero-order chi connectivity index (χ0) is 13.2. The maximum absolute atomic E-state index is 12.5. The van der Waals surface area contributed by atoms with Crippen molar-refractivity contribution in [3.05, 3.63) is 22.9 Å². The maximum Gasteiger partial charge on any atom is 0.244 e. The highest BCUT2D eigenvalue weighted by atomic mass is 79.9. The van der Waals surface area contributed by atoms with Gasteiger partial charge in [-0.3, -0.25) is 4.98 Å². The first-order valence-corrected chi connectivity index (χ1v) is 8.38.